The number of benzene rings is 1. The van der Waals surface area contributed by atoms with Crippen molar-refractivity contribution in [3.05, 3.63) is 29.8 Å². The van der Waals surface area contributed by atoms with Gasteiger partial charge in [-0.2, -0.15) is 0 Å². The van der Waals surface area contributed by atoms with E-state index < -0.39 is 0 Å². The van der Waals surface area contributed by atoms with E-state index in [-0.39, 0.29) is 5.91 Å². The Morgan fingerprint density at radius 1 is 1.17 bits per heavy atom. The van der Waals surface area contributed by atoms with Crippen LogP contribution in [0.4, 0.5) is 0 Å². The van der Waals surface area contributed by atoms with E-state index in [0.29, 0.717) is 6.04 Å². The average Bonchev–Trinajstić information content (AvgIpc) is 2.39. The van der Waals surface area contributed by atoms with Crippen LogP contribution >= 0.6 is 11.8 Å². The molecule has 1 rings (SSSR count). The zero-order chi connectivity index (χ0) is 13.4. The Kier molecular flexibility index (Phi) is 6.88. The molecular weight excluding hydrogens is 242 g/mol. The van der Waals surface area contributed by atoms with Crippen LogP contribution < -0.4 is 5.32 Å². The zero-order valence-corrected chi connectivity index (χ0v) is 12.3. The average molecular weight is 265 g/mol. The summed E-state index contributed by atoms with van der Waals surface area (Å²) in [6.45, 7) is 4.31. The van der Waals surface area contributed by atoms with E-state index in [1.165, 1.54) is 4.90 Å². The number of carbonyl (C=O) groups is 1. The lowest BCUT2D eigenvalue weighted by atomic mass is 10.1. The molecule has 0 aliphatic carbocycles. The maximum Gasteiger partial charge on any atom is 0.251 e. The maximum atomic E-state index is 12.1. The minimum absolute atomic E-state index is 0.0505. The molecule has 0 aliphatic heterocycles. The normalized spacial score (nSPS) is 10.7. The molecule has 3 heteroatoms. The van der Waals surface area contributed by atoms with Crippen LogP contribution in [0.3, 0.4) is 0 Å². The van der Waals surface area contributed by atoms with Crippen LogP contribution in [0, 0.1) is 0 Å². The van der Waals surface area contributed by atoms with Gasteiger partial charge in [-0.3, -0.25) is 4.79 Å². The van der Waals surface area contributed by atoms with Crippen LogP contribution in [-0.4, -0.2) is 18.2 Å². The van der Waals surface area contributed by atoms with Crippen LogP contribution in [0.15, 0.2) is 29.2 Å². The third-order valence-electron chi connectivity index (χ3n) is 2.96. The van der Waals surface area contributed by atoms with Gasteiger partial charge in [0.15, 0.2) is 0 Å². The largest absolute Gasteiger partial charge is 0.349 e. The Morgan fingerprint density at radius 2 is 1.72 bits per heavy atom. The van der Waals surface area contributed by atoms with Gasteiger partial charge in [0, 0.05) is 16.5 Å². The first-order valence-electron chi connectivity index (χ1n) is 6.66. The number of thioether (sulfide) groups is 1. The van der Waals surface area contributed by atoms with Gasteiger partial charge in [0.1, 0.15) is 0 Å². The summed E-state index contributed by atoms with van der Waals surface area (Å²) in [5.74, 6) is 0.0505. The third kappa shape index (κ3) is 4.73. The summed E-state index contributed by atoms with van der Waals surface area (Å²) in [6, 6.07) is 8.10. The maximum absolute atomic E-state index is 12.1. The first-order chi connectivity index (χ1) is 8.71. The molecule has 0 aliphatic rings. The number of carbonyl (C=O) groups excluding carboxylic acids is 1. The number of nitrogens with one attached hydrogen (secondary N) is 1. The van der Waals surface area contributed by atoms with E-state index in [4.69, 9.17) is 0 Å². The van der Waals surface area contributed by atoms with Gasteiger partial charge in [0.05, 0.1) is 0 Å². The molecule has 0 fully saturated rings. The van der Waals surface area contributed by atoms with Gasteiger partial charge in [0.2, 0.25) is 0 Å². The molecule has 0 saturated heterocycles. The van der Waals surface area contributed by atoms with Crippen molar-refractivity contribution >= 4 is 17.7 Å². The molecule has 1 amide bonds. The fraction of sp³-hybridized carbons (Fsp3) is 0.533. The fourth-order valence-electron chi connectivity index (χ4n) is 2.00. The lowest BCUT2D eigenvalue weighted by Gasteiger charge is -2.17. The van der Waals surface area contributed by atoms with E-state index in [1.54, 1.807) is 11.8 Å². The Hall–Kier alpha value is -0.960. The van der Waals surface area contributed by atoms with Gasteiger partial charge in [-0.15, -0.1) is 11.8 Å². The Labute approximate surface area is 115 Å². The summed E-state index contributed by atoms with van der Waals surface area (Å²) < 4.78 is 0. The summed E-state index contributed by atoms with van der Waals surface area (Å²) in [4.78, 5) is 13.3. The summed E-state index contributed by atoms with van der Waals surface area (Å²) in [5.41, 5.74) is 0.755. The smallest absolute Gasteiger partial charge is 0.251 e. The van der Waals surface area contributed by atoms with Crippen molar-refractivity contribution in [1.82, 2.24) is 5.32 Å². The molecule has 0 radical (unpaired) electrons. The van der Waals surface area contributed by atoms with Crippen molar-refractivity contribution in [3.63, 3.8) is 0 Å². The predicted octanol–water partition coefficient (Wildman–Crippen LogP) is 4.11. The predicted molar refractivity (Wildman–Crippen MR) is 79.3 cm³/mol. The topological polar surface area (TPSA) is 29.1 Å². The molecule has 2 nitrogen and oxygen atoms in total. The molecule has 0 atom stereocenters. The van der Waals surface area contributed by atoms with Gasteiger partial charge in [-0.25, -0.2) is 0 Å². The quantitative estimate of drug-likeness (QED) is 0.752. The molecule has 0 unspecified atom stereocenters. The molecule has 1 aromatic rings. The van der Waals surface area contributed by atoms with E-state index in [1.807, 2.05) is 30.5 Å². The van der Waals surface area contributed by atoms with Crippen LogP contribution in [0.5, 0.6) is 0 Å². The second-order valence-electron chi connectivity index (χ2n) is 4.48. The Morgan fingerprint density at radius 3 is 2.17 bits per heavy atom. The number of rotatable bonds is 7. The summed E-state index contributed by atoms with van der Waals surface area (Å²) in [6.07, 6.45) is 6.37. The van der Waals surface area contributed by atoms with Gasteiger partial charge < -0.3 is 5.32 Å². The SMILES string of the molecule is CCCC(CCC)NC(=O)c1ccc(SC)cc1. The molecule has 1 aromatic carbocycles. The number of amides is 1. The minimum Gasteiger partial charge on any atom is -0.349 e. The second-order valence-corrected chi connectivity index (χ2v) is 5.36. The molecule has 0 spiro atoms. The summed E-state index contributed by atoms with van der Waals surface area (Å²) in [7, 11) is 0. The van der Waals surface area contributed by atoms with Crippen molar-refractivity contribution in [2.75, 3.05) is 6.26 Å². The van der Waals surface area contributed by atoms with Gasteiger partial charge in [-0.1, -0.05) is 26.7 Å². The highest BCUT2D eigenvalue weighted by Crippen LogP contribution is 2.15. The molecule has 18 heavy (non-hydrogen) atoms. The van der Waals surface area contributed by atoms with Crippen molar-refractivity contribution in [2.24, 2.45) is 0 Å². The lowest BCUT2D eigenvalue weighted by Crippen LogP contribution is -2.34. The summed E-state index contributed by atoms with van der Waals surface area (Å²) in [5, 5.41) is 3.13. The first kappa shape index (κ1) is 15.1. The van der Waals surface area contributed by atoms with Gasteiger partial charge >= 0.3 is 0 Å². The zero-order valence-electron chi connectivity index (χ0n) is 11.5. The van der Waals surface area contributed by atoms with E-state index in [0.717, 1.165) is 31.2 Å². The van der Waals surface area contributed by atoms with Crippen LogP contribution in [0.25, 0.3) is 0 Å². The number of hydrogen-bond donors (Lipinski definition) is 1. The molecule has 0 saturated carbocycles. The monoisotopic (exact) mass is 265 g/mol. The van der Waals surface area contributed by atoms with Crippen molar-refractivity contribution < 1.29 is 4.79 Å². The van der Waals surface area contributed by atoms with Crippen molar-refractivity contribution in [2.45, 2.75) is 50.5 Å². The molecule has 1 N–H and O–H groups in total. The highest BCUT2D eigenvalue weighted by molar-refractivity contribution is 7.98. The molecule has 0 aromatic heterocycles. The van der Waals surface area contributed by atoms with Crippen molar-refractivity contribution in [3.8, 4) is 0 Å². The minimum atomic E-state index is 0.0505. The van der Waals surface area contributed by atoms with E-state index in [2.05, 4.69) is 19.2 Å². The highest BCUT2D eigenvalue weighted by atomic mass is 32.2. The van der Waals surface area contributed by atoms with Crippen LogP contribution in [0.1, 0.15) is 49.9 Å². The third-order valence-corrected chi connectivity index (χ3v) is 3.71. The Bertz CT molecular complexity index is 355. The highest BCUT2D eigenvalue weighted by Gasteiger charge is 2.12. The summed E-state index contributed by atoms with van der Waals surface area (Å²) >= 11 is 1.69. The fourth-order valence-corrected chi connectivity index (χ4v) is 2.40. The standard InChI is InChI=1S/C15H23NOS/c1-4-6-13(7-5-2)16-15(17)12-8-10-14(18-3)11-9-12/h8-11,13H,4-7H2,1-3H3,(H,16,17). The molecule has 100 valence electrons. The van der Waals surface area contributed by atoms with E-state index >= 15 is 0 Å². The van der Waals surface area contributed by atoms with E-state index in [9.17, 15) is 4.79 Å². The number of hydrogen-bond acceptors (Lipinski definition) is 2. The Balaban J connectivity index is 2.61. The first-order valence-corrected chi connectivity index (χ1v) is 7.88. The van der Waals surface area contributed by atoms with Crippen LogP contribution in [0.2, 0.25) is 0 Å². The van der Waals surface area contributed by atoms with Gasteiger partial charge in [0.25, 0.3) is 5.91 Å². The van der Waals surface area contributed by atoms with Crippen LogP contribution in [-0.2, 0) is 0 Å². The lowest BCUT2D eigenvalue weighted by molar-refractivity contribution is 0.0932. The van der Waals surface area contributed by atoms with Crippen molar-refractivity contribution in [1.29, 1.82) is 0 Å². The molecule has 0 heterocycles. The molecular formula is C15H23NOS. The second kappa shape index (κ2) is 8.20. The van der Waals surface area contributed by atoms with Gasteiger partial charge in [-0.05, 0) is 43.4 Å². The molecule has 0 bridgehead atoms.